The summed E-state index contributed by atoms with van der Waals surface area (Å²) in [4.78, 5) is 11.3. The zero-order valence-electron chi connectivity index (χ0n) is 9.78. The van der Waals surface area contributed by atoms with Crippen molar-refractivity contribution >= 4 is 44.8 Å². The molecule has 0 aliphatic carbocycles. The van der Waals surface area contributed by atoms with Gasteiger partial charge in [0.05, 0.1) is 22.0 Å². The number of nitrogens with zero attached hydrogens (tertiary/aromatic N) is 1. The maximum atomic E-state index is 11.6. The Bertz CT molecular complexity index is 560. The number of carbonyl (C=O) groups is 1. The summed E-state index contributed by atoms with van der Waals surface area (Å²) >= 11 is 11.6. The zero-order chi connectivity index (χ0) is 13.9. The van der Waals surface area contributed by atoms with E-state index in [0.29, 0.717) is 5.02 Å². The van der Waals surface area contributed by atoms with Crippen LogP contribution in [0.1, 0.15) is 0 Å². The summed E-state index contributed by atoms with van der Waals surface area (Å²) in [7, 11) is -2.15. The van der Waals surface area contributed by atoms with Gasteiger partial charge in [-0.05, 0) is 18.2 Å². The molecule has 1 amide bonds. The highest BCUT2D eigenvalue weighted by molar-refractivity contribution is 7.92. The molecule has 8 heteroatoms. The number of sulfonamides is 1. The first-order valence-corrected chi connectivity index (χ1v) is 7.49. The topological polar surface area (TPSA) is 66.5 Å². The summed E-state index contributed by atoms with van der Waals surface area (Å²) in [5, 5.41) is 2.89. The minimum absolute atomic E-state index is 0.222. The molecule has 100 valence electrons. The lowest BCUT2D eigenvalue weighted by Gasteiger charge is -2.21. The van der Waals surface area contributed by atoms with Gasteiger partial charge in [-0.1, -0.05) is 23.2 Å². The van der Waals surface area contributed by atoms with E-state index in [2.05, 4.69) is 5.32 Å². The van der Waals surface area contributed by atoms with Gasteiger partial charge in [0, 0.05) is 7.05 Å². The van der Waals surface area contributed by atoms with E-state index in [1.165, 1.54) is 25.2 Å². The summed E-state index contributed by atoms with van der Waals surface area (Å²) in [6, 6.07) is 4.35. The molecule has 0 saturated carbocycles. The van der Waals surface area contributed by atoms with E-state index in [0.717, 1.165) is 10.6 Å². The Morgan fingerprint density at radius 2 is 1.94 bits per heavy atom. The molecule has 1 N–H and O–H groups in total. The molecular formula is C10H12Cl2N2O3S. The summed E-state index contributed by atoms with van der Waals surface area (Å²) in [5.41, 5.74) is 0.288. The van der Waals surface area contributed by atoms with Crippen molar-refractivity contribution in [3.8, 4) is 0 Å². The van der Waals surface area contributed by atoms with Crippen LogP contribution in [0.25, 0.3) is 0 Å². The minimum atomic E-state index is -3.58. The van der Waals surface area contributed by atoms with E-state index in [-0.39, 0.29) is 17.3 Å². The maximum absolute atomic E-state index is 11.6. The predicted molar refractivity (Wildman–Crippen MR) is 72.7 cm³/mol. The van der Waals surface area contributed by atoms with E-state index in [4.69, 9.17) is 23.2 Å². The van der Waals surface area contributed by atoms with Crippen molar-refractivity contribution in [2.45, 2.75) is 0 Å². The summed E-state index contributed by atoms with van der Waals surface area (Å²) in [6.45, 7) is -0.312. The number of amides is 1. The number of anilines is 1. The number of likely N-dealkylation sites (N-methyl/N-ethyl adjacent to an activating group) is 1. The van der Waals surface area contributed by atoms with Crippen LogP contribution in [0.5, 0.6) is 0 Å². The third kappa shape index (κ3) is 3.76. The van der Waals surface area contributed by atoms with Crippen LogP contribution in [0.15, 0.2) is 18.2 Å². The van der Waals surface area contributed by atoms with Gasteiger partial charge in [0.15, 0.2) is 0 Å². The van der Waals surface area contributed by atoms with Crippen LogP contribution < -0.4 is 9.62 Å². The standard InChI is InChI=1S/C10H12Cl2N2O3S/c1-13-10(15)6-14(18(2,16)17)7-3-4-8(11)9(12)5-7/h3-5H,6H2,1-2H3,(H,13,15). The molecule has 0 heterocycles. The van der Waals surface area contributed by atoms with Gasteiger partial charge in [-0.3, -0.25) is 9.10 Å². The van der Waals surface area contributed by atoms with Crippen molar-refractivity contribution in [1.29, 1.82) is 0 Å². The largest absolute Gasteiger partial charge is 0.358 e. The molecule has 0 aliphatic rings. The fraction of sp³-hybridized carbons (Fsp3) is 0.300. The number of rotatable bonds is 4. The van der Waals surface area contributed by atoms with Gasteiger partial charge in [-0.15, -0.1) is 0 Å². The molecule has 1 aromatic rings. The molecular weight excluding hydrogens is 299 g/mol. The molecule has 0 atom stereocenters. The first kappa shape index (κ1) is 15.1. The fourth-order valence-electron chi connectivity index (χ4n) is 1.25. The second-order valence-corrected chi connectivity index (χ2v) is 6.26. The molecule has 0 radical (unpaired) electrons. The lowest BCUT2D eigenvalue weighted by atomic mass is 10.3. The van der Waals surface area contributed by atoms with Gasteiger partial charge in [0.2, 0.25) is 15.9 Å². The highest BCUT2D eigenvalue weighted by Crippen LogP contribution is 2.28. The first-order valence-electron chi connectivity index (χ1n) is 4.89. The normalized spacial score (nSPS) is 11.1. The molecule has 0 fully saturated rings. The van der Waals surface area contributed by atoms with E-state index in [9.17, 15) is 13.2 Å². The van der Waals surface area contributed by atoms with Crippen LogP contribution >= 0.6 is 23.2 Å². The Morgan fingerprint density at radius 3 is 2.39 bits per heavy atom. The molecule has 0 bridgehead atoms. The van der Waals surface area contributed by atoms with E-state index >= 15 is 0 Å². The third-order valence-corrected chi connectivity index (χ3v) is 4.04. The van der Waals surface area contributed by atoms with Crippen molar-refractivity contribution in [2.75, 3.05) is 24.2 Å². The number of carbonyl (C=O) groups excluding carboxylic acids is 1. The van der Waals surface area contributed by atoms with Crippen LogP contribution in [0.2, 0.25) is 10.0 Å². The molecule has 18 heavy (non-hydrogen) atoms. The van der Waals surface area contributed by atoms with Gasteiger partial charge >= 0.3 is 0 Å². The SMILES string of the molecule is CNC(=O)CN(c1ccc(Cl)c(Cl)c1)S(C)(=O)=O. The molecule has 0 aromatic heterocycles. The molecule has 5 nitrogen and oxygen atoms in total. The second kappa shape index (κ2) is 5.77. The predicted octanol–water partition coefficient (Wildman–Crippen LogP) is 1.51. The number of benzene rings is 1. The second-order valence-electron chi connectivity index (χ2n) is 3.54. The van der Waals surface area contributed by atoms with Gasteiger partial charge in [-0.25, -0.2) is 8.42 Å². The maximum Gasteiger partial charge on any atom is 0.240 e. The monoisotopic (exact) mass is 310 g/mol. The van der Waals surface area contributed by atoms with Gasteiger partial charge < -0.3 is 5.32 Å². The first-order chi connectivity index (χ1) is 8.25. The molecule has 1 rings (SSSR count). The number of halogens is 2. The Hall–Kier alpha value is -0.980. The van der Waals surface area contributed by atoms with Crippen molar-refractivity contribution in [2.24, 2.45) is 0 Å². The van der Waals surface area contributed by atoms with Gasteiger partial charge in [0.25, 0.3) is 0 Å². The molecule has 0 aliphatic heterocycles. The smallest absolute Gasteiger partial charge is 0.240 e. The van der Waals surface area contributed by atoms with Crippen molar-refractivity contribution < 1.29 is 13.2 Å². The lowest BCUT2D eigenvalue weighted by Crippen LogP contribution is -2.39. The number of hydrogen-bond donors (Lipinski definition) is 1. The van der Waals surface area contributed by atoms with Crippen LogP contribution in [-0.4, -0.2) is 34.2 Å². The highest BCUT2D eigenvalue weighted by Gasteiger charge is 2.20. The molecule has 0 saturated heterocycles. The molecule has 0 spiro atoms. The average molecular weight is 311 g/mol. The van der Waals surface area contributed by atoms with Crippen LogP contribution in [0, 0.1) is 0 Å². The van der Waals surface area contributed by atoms with E-state index in [1.54, 1.807) is 0 Å². The molecule has 0 unspecified atom stereocenters. The Morgan fingerprint density at radius 1 is 1.33 bits per heavy atom. The Kier molecular flexibility index (Phi) is 4.84. The number of nitrogens with one attached hydrogen (secondary N) is 1. The summed E-state index contributed by atoms with van der Waals surface area (Å²) in [6.07, 6.45) is 1.01. The van der Waals surface area contributed by atoms with E-state index < -0.39 is 15.9 Å². The van der Waals surface area contributed by atoms with Crippen molar-refractivity contribution in [3.63, 3.8) is 0 Å². The summed E-state index contributed by atoms with van der Waals surface area (Å²) in [5.74, 6) is -0.425. The lowest BCUT2D eigenvalue weighted by molar-refractivity contribution is -0.119. The van der Waals surface area contributed by atoms with Crippen LogP contribution in [0.4, 0.5) is 5.69 Å². The average Bonchev–Trinajstić information content (AvgIpc) is 2.28. The minimum Gasteiger partial charge on any atom is -0.358 e. The quantitative estimate of drug-likeness (QED) is 0.916. The number of hydrogen-bond acceptors (Lipinski definition) is 3. The third-order valence-electron chi connectivity index (χ3n) is 2.16. The highest BCUT2D eigenvalue weighted by atomic mass is 35.5. The van der Waals surface area contributed by atoms with Crippen molar-refractivity contribution in [3.05, 3.63) is 28.2 Å². The van der Waals surface area contributed by atoms with Crippen LogP contribution in [0.3, 0.4) is 0 Å². The van der Waals surface area contributed by atoms with Gasteiger partial charge in [-0.2, -0.15) is 0 Å². The Balaban J connectivity index is 3.18. The summed E-state index contributed by atoms with van der Waals surface area (Å²) < 4.78 is 24.3. The van der Waals surface area contributed by atoms with E-state index in [1.807, 2.05) is 0 Å². The molecule has 1 aromatic carbocycles. The van der Waals surface area contributed by atoms with Gasteiger partial charge in [0.1, 0.15) is 6.54 Å². The fourth-order valence-corrected chi connectivity index (χ4v) is 2.39. The van der Waals surface area contributed by atoms with Crippen LogP contribution in [-0.2, 0) is 14.8 Å². The zero-order valence-corrected chi connectivity index (χ0v) is 12.1. The Labute approximate surface area is 116 Å². The van der Waals surface area contributed by atoms with Crippen molar-refractivity contribution in [1.82, 2.24) is 5.32 Å².